The van der Waals surface area contributed by atoms with Crippen LogP contribution in [0.5, 0.6) is 11.6 Å². The molecule has 0 bridgehead atoms. The van der Waals surface area contributed by atoms with Crippen LogP contribution in [0.25, 0.3) is 10.9 Å². The van der Waals surface area contributed by atoms with Gasteiger partial charge in [-0.05, 0) is 41.9 Å². The molecule has 0 aliphatic heterocycles. The molecule has 0 fully saturated rings. The summed E-state index contributed by atoms with van der Waals surface area (Å²) in [6, 6.07) is 12.9. The predicted molar refractivity (Wildman–Crippen MR) is 90.7 cm³/mol. The summed E-state index contributed by atoms with van der Waals surface area (Å²) in [6.45, 7) is 2.69. The largest absolute Gasteiger partial charge is 0.493 e. The van der Waals surface area contributed by atoms with Gasteiger partial charge >= 0.3 is 0 Å². The molecule has 0 spiro atoms. The number of aryl methyl sites for hydroxylation is 1. The quantitative estimate of drug-likeness (QED) is 0.684. The second-order valence-electron chi connectivity index (χ2n) is 5.21. The normalized spacial score (nSPS) is 10.9. The number of nitrogens with zero attached hydrogens (tertiary/aromatic N) is 2. The van der Waals surface area contributed by atoms with Crippen LogP contribution in [0.3, 0.4) is 0 Å². The van der Waals surface area contributed by atoms with Crippen LogP contribution in [0, 0.1) is 11.8 Å². The SMILES string of the molecule is Cc1cccc(OCCn2c(O)c(N=O)c3c(Cl)cccc32)c1. The zero-order valence-corrected chi connectivity index (χ0v) is 13.2. The van der Waals surface area contributed by atoms with Gasteiger partial charge in [0.25, 0.3) is 0 Å². The van der Waals surface area contributed by atoms with E-state index in [-0.39, 0.29) is 11.6 Å². The number of hydrogen-bond acceptors (Lipinski definition) is 4. The second kappa shape index (κ2) is 6.30. The van der Waals surface area contributed by atoms with Crippen molar-refractivity contribution < 1.29 is 9.84 Å². The molecule has 3 rings (SSSR count). The molecule has 0 radical (unpaired) electrons. The third-order valence-corrected chi connectivity index (χ3v) is 3.97. The minimum absolute atomic E-state index is 0.0406. The van der Waals surface area contributed by atoms with Crippen LogP contribution in [0.2, 0.25) is 5.02 Å². The molecule has 0 aliphatic carbocycles. The van der Waals surface area contributed by atoms with Crippen LogP contribution in [0.1, 0.15) is 5.56 Å². The number of halogens is 1. The number of rotatable bonds is 5. The predicted octanol–water partition coefficient (Wildman–Crippen LogP) is 4.79. The highest BCUT2D eigenvalue weighted by Gasteiger charge is 2.19. The number of aromatic hydroxyl groups is 1. The average Bonchev–Trinajstić information content (AvgIpc) is 2.81. The highest BCUT2D eigenvalue weighted by molar-refractivity contribution is 6.36. The monoisotopic (exact) mass is 330 g/mol. The van der Waals surface area contributed by atoms with Crippen molar-refractivity contribution in [2.24, 2.45) is 5.18 Å². The van der Waals surface area contributed by atoms with Gasteiger partial charge in [0, 0.05) is 0 Å². The topological polar surface area (TPSA) is 63.8 Å². The molecule has 0 saturated heterocycles. The smallest absolute Gasteiger partial charge is 0.222 e. The van der Waals surface area contributed by atoms with E-state index in [1.54, 1.807) is 22.8 Å². The summed E-state index contributed by atoms with van der Waals surface area (Å²) in [4.78, 5) is 11.0. The fourth-order valence-corrected chi connectivity index (χ4v) is 2.86. The van der Waals surface area contributed by atoms with Gasteiger partial charge in [-0.1, -0.05) is 29.8 Å². The van der Waals surface area contributed by atoms with Crippen molar-refractivity contribution in [1.29, 1.82) is 0 Å². The van der Waals surface area contributed by atoms with Crippen molar-refractivity contribution in [3.8, 4) is 11.6 Å². The lowest BCUT2D eigenvalue weighted by Crippen LogP contribution is -2.07. The van der Waals surface area contributed by atoms with E-state index in [2.05, 4.69) is 5.18 Å². The fraction of sp³-hybridized carbons (Fsp3) is 0.176. The number of ether oxygens (including phenoxy) is 1. The Bertz CT molecular complexity index is 874. The summed E-state index contributed by atoms with van der Waals surface area (Å²) in [5.74, 6) is 0.559. The Kier molecular flexibility index (Phi) is 4.21. The first-order chi connectivity index (χ1) is 11.1. The standard InChI is InChI=1S/C17H15ClN2O3/c1-11-4-2-5-12(10-11)23-9-8-20-14-7-3-6-13(18)15(14)16(19-22)17(20)21/h2-7,10,21H,8-9H2,1H3. The van der Waals surface area contributed by atoms with Crippen molar-refractivity contribution in [2.45, 2.75) is 13.5 Å². The molecule has 0 atom stereocenters. The zero-order chi connectivity index (χ0) is 16.4. The number of benzene rings is 2. The minimum Gasteiger partial charge on any atom is -0.493 e. The van der Waals surface area contributed by atoms with Crippen molar-refractivity contribution >= 4 is 28.2 Å². The van der Waals surface area contributed by atoms with Crippen LogP contribution in [-0.4, -0.2) is 16.3 Å². The van der Waals surface area contributed by atoms with Gasteiger partial charge in [0.2, 0.25) is 5.88 Å². The Hall–Kier alpha value is -2.53. The van der Waals surface area contributed by atoms with E-state index >= 15 is 0 Å². The van der Waals surface area contributed by atoms with Gasteiger partial charge in [0.15, 0.2) is 5.69 Å². The third kappa shape index (κ3) is 2.87. The van der Waals surface area contributed by atoms with Gasteiger partial charge in [-0.3, -0.25) is 0 Å². The van der Waals surface area contributed by atoms with Crippen LogP contribution < -0.4 is 4.74 Å². The first-order valence-electron chi connectivity index (χ1n) is 7.14. The maximum Gasteiger partial charge on any atom is 0.222 e. The molecule has 2 aromatic carbocycles. The number of aromatic nitrogens is 1. The molecule has 5 nitrogen and oxygen atoms in total. The molecular weight excluding hydrogens is 316 g/mol. The highest BCUT2D eigenvalue weighted by Crippen LogP contribution is 2.41. The Labute approximate surface area is 138 Å². The molecule has 0 saturated carbocycles. The molecule has 0 amide bonds. The van der Waals surface area contributed by atoms with Crippen molar-refractivity contribution in [3.63, 3.8) is 0 Å². The maximum atomic E-state index is 11.0. The van der Waals surface area contributed by atoms with E-state index in [9.17, 15) is 10.0 Å². The van der Waals surface area contributed by atoms with Crippen LogP contribution in [0.4, 0.5) is 5.69 Å². The summed E-state index contributed by atoms with van der Waals surface area (Å²) in [5.41, 5.74) is 1.72. The average molecular weight is 331 g/mol. The Morgan fingerprint density at radius 2 is 2.04 bits per heavy atom. The Balaban J connectivity index is 1.87. The molecule has 118 valence electrons. The number of hydrogen-bond donors (Lipinski definition) is 1. The summed E-state index contributed by atoms with van der Waals surface area (Å²) in [6.07, 6.45) is 0. The van der Waals surface area contributed by atoms with Crippen molar-refractivity contribution in [2.75, 3.05) is 6.61 Å². The summed E-state index contributed by atoms with van der Waals surface area (Å²) in [5, 5.41) is 14.0. The van der Waals surface area contributed by atoms with Crippen LogP contribution in [-0.2, 0) is 6.54 Å². The lowest BCUT2D eigenvalue weighted by atomic mass is 10.2. The van der Waals surface area contributed by atoms with E-state index in [4.69, 9.17) is 16.3 Å². The van der Waals surface area contributed by atoms with Crippen LogP contribution >= 0.6 is 11.6 Å². The van der Waals surface area contributed by atoms with E-state index in [0.29, 0.717) is 29.1 Å². The first-order valence-corrected chi connectivity index (χ1v) is 7.52. The second-order valence-corrected chi connectivity index (χ2v) is 5.62. The number of fused-ring (bicyclic) bond motifs is 1. The number of nitroso groups, excluding NO2 is 1. The van der Waals surface area contributed by atoms with Gasteiger partial charge in [0.1, 0.15) is 12.4 Å². The summed E-state index contributed by atoms with van der Waals surface area (Å²) >= 11 is 6.12. The summed E-state index contributed by atoms with van der Waals surface area (Å²) < 4.78 is 7.27. The minimum atomic E-state index is -0.198. The molecule has 6 heteroatoms. The third-order valence-electron chi connectivity index (χ3n) is 3.65. The van der Waals surface area contributed by atoms with E-state index in [1.807, 2.05) is 31.2 Å². The molecule has 23 heavy (non-hydrogen) atoms. The Morgan fingerprint density at radius 3 is 2.78 bits per heavy atom. The van der Waals surface area contributed by atoms with Gasteiger partial charge in [-0.25, -0.2) is 0 Å². The molecule has 3 aromatic rings. The molecule has 1 N–H and O–H groups in total. The maximum absolute atomic E-state index is 11.0. The molecule has 0 unspecified atom stereocenters. The summed E-state index contributed by atoms with van der Waals surface area (Å²) in [7, 11) is 0. The van der Waals surface area contributed by atoms with Gasteiger partial charge < -0.3 is 14.4 Å². The van der Waals surface area contributed by atoms with Crippen LogP contribution in [0.15, 0.2) is 47.6 Å². The Morgan fingerprint density at radius 1 is 1.26 bits per heavy atom. The molecule has 1 aromatic heterocycles. The zero-order valence-electron chi connectivity index (χ0n) is 12.5. The van der Waals surface area contributed by atoms with Gasteiger partial charge in [-0.2, -0.15) is 0 Å². The van der Waals surface area contributed by atoms with Crippen molar-refractivity contribution in [3.05, 3.63) is 58.0 Å². The fourth-order valence-electron chi connectivity index (χ4n) is 2.60. The van der Waals surface area contributed by atoms with E-state index in [0.717, 1.165) is 11.3 Å². The van der Waals surface area contributed by atoms with Crippen molar-refractivity contribution in [1.82, 2.24) is 4.57 Å². The molecular formula is C17H15ClN2O3. The molecule has 0 aliphatic rings. The molecule has 1 heterocycles. The lowest BCUT2D eigenvalue weighted by molar-refractivity contribution is 0.290. The van der Waals surface area contributed by atoms with E-state index < -0.39 is 0 Å². The highest BCUT2D eigenvalue weighted by atomic mass is 35.5. The van der Waals surface area contributed by atoms with E-state index in [1.165, 1.54) is 0 Å². The first kappa shape index (κ1) is 15.4. The lowest BCUT2D eigenvalue weighted by Gasteiger charge is -2.09. The van der Waals surface area contributed by atoms with Gasteiger partial charge in [0.05, 0.1) is 22.5 Å². The van der Waals surface area contributed by atoms with Gasteiger partial charge in [-0.15, -0.1) is 4.91 Å².